The van der Waals surface area contributed by atoms with Gasteiger partial charge in [-0.2, -0.15) is 0 Å². The number of rotatable bonds is 3. The fraction of sp³-hybridized carbons (Fsp3) is 0.360. The number of hydrogen-bond donors (Lipinski definition) is 0. The van der Waals surface area contributed by atoms with E-state index in [2.05, 4.69) is 81.5 Å². The number of benzene rings is 2. The maximum Gasteiger partial charge on any atom is 0.0159 e. The third-order valence-corrected chi connectivity index (χ3v) is 4.69. The van der Waals surface area contributed by atoms with E-state index in [9.17, 15) is 0 Å². The van der Waals surface area contributed by atoms with Crippen LogP contribution in [0.15, 0.2) is 60.7 Å². The SMILES string of the molecule is C.C/C=C\C=C/Cc1ccc2c(c1)C(C)(C)c1cc(C)ccc1-2.CC. The van der Waals surface area contributed by atoms with Gasteiger partial charge < -0.3 is 0 Å². The highest BCUT2D eigenvalue weighted by molar-refractivity contribution is 5.81. The molecule has 25 heavy (non-hydrogen) atoms. The van der Waals surface area contributed by atoms with Crippen LogP contribution in [0, 0.1) is 6.92 Å². The Morgan fingerprint density at radius 3 is 2.12 bits per heavy atom. The van der Waals surface area contributed by atoms with Gasteiger partial charge in [-0.05, 0) is 48.1 Å². The van der Waals surface area contributed by atoms with Crippen LogP contribution in [0.5, 0.6) is 0 Å². The fourth-order valence-corrected chi connectivity index (χ4v) is 3.42. The Morgan fingerprint density at radius 1 is 0.880 bits per heavy atom. The molecular formula is C25H34. The van der Waals surface area contributed by atoms with Crippen LogP contribution in [-0.4, -0.2) is 0 Å². The molecule has 0 heterocycles. The topological polar surface area (TPSA) is 0 Å². The number of hydrogen-bond acceptors (Lipinski definition) is 0. The van der Waals surface area contributed by atoms with E-state index in [1.54, 1.807) is 0 Å². The van der Waals surface area contributed by atoms with Crippen molar-refractivity contribution in [2.45, 2.75) is 60.8 Å². The van der Waals surface area contributed by atoms with Gasteiger partial charge >= 0.3 is 0 Å². The molecule has 0 saturated heterocycles. The molecule has 2 aromatic carbocycles. The highest BCUT2D eigenvalue weighted by atomic mass is 14.4. The summed E-state index contributed by atoms with van der Waals surface area (Å²) in [5.74, 6) is 0. The summed E-state index contributed by atoms with van der Waals surface area (Å²) in [6.07, 6.45) is 9.47. The molecule has 0 radical (unpaired) electrons. The maximum absolute atomic E-state index is 2.39. The van der Waals surface area contributed by atoms with Gasteiger partial charge in [0.2, 0.25) is 0 Å². The van der Waals surface area contributed by atoms with Crippen LogP contribution >= 0.6 is 0 Å². The van der Waals surface area contributed by atoms with Crippen LogP contribution in [0.2, 0.25) is 0 Å². The lowest BCUT2D eigenvalue weighted by molar-refractivity contribution is 0.659. The van der Waals surface area contributed by atoms with Crippen LogP contribution in [0.1, 0.15) is 64.3 Å². The lowest BCUT2D eigenvalue weighted by Gasteiger charge is -2.22. The van der Waals surface area contributed by atoms with E-state index >= 15 is 0 Å². The molecule has 0 spiro atoms. The van der Waals surface area contributed by atoms with Crippen molar-refractivity contribution < 1.29 is 0 Å². The van der Waals surface area contributed by atoms with Gasteiger partial charge in [-0.25, -0.2) is 0 Å². The monoisotopic (exact) mass is 334 g/mol. The van der Waals surface area contributed by atoms with Crippen molar-refractivity contribution in [1.29, 1.82) is 0 Å². The second-order valence-corrected chi connectivity index (χ2v) is 6.71. The molecule has 1 aliphatic carbocycles. The van der Waals surface area contributed by atoms with Crippen LogP contribution < -0.4 is 0 Å². The van der Waals surface area contributed by atoms with E-state index in [1.807, 2.05) is 20.8 Å². The van der Waals surface area contributed by atoms with Gasteiger partial charge in [0.05, 0.1) is 0 Å². The predicted octanol–water partition coefficient (Wildman–Crippen LogP) is 7.64. The van der Waals surface area contributed by atoms with Gasteiger partial charge in [-0.1, -0.05) is 101 Å². The van der Waals surface area contributed by atoms with Crippen molar-refractivity contribution >= 4 is 0 Å². The number of allylic oxidation sites excluding steroid dienone is 4. The standard InChI is InChI=1S/C22H24.C2H6.CH4/c1-5-6-7-8-9-17-11-13-19-18-12-10-16(2)14-20(18)22(3,4)21(19)15-17;1-2;/h5-8,10-15H,9H2,1-4H3;1-2H3;1H4/b6-5-,8-7-;;. The molecule has 0 heteroatoms. The molecule has 0 aromatic heterocycles. The van der Waals surface area contributed by atoms with Crippen molar-refractivity contribution in [2.24, 2.45) is 0 Å². The molecule has 0 saturated carbocycles. The Balaban J connectivity index is 0.00000101. The summed E-state index contributed by atoms with van der Waals surface area (Å²) in [5.41, 5.74) is 8.56. The van der Waals surface area contributed by atoms with Crippen LogP contribution in [0.3, 0.4) is 0 Å². The van der Waals surface area contributed by atoms with Gasteiger partial charge in [-0.15, -0.1) is 0 Å². The van der Waals surface area contributed by atoms with Crippen molar-refractivity contribution in [3.05, 3.63) is 83.0 Å². The van der Waals surface area contributed by atoms with Gasteiger partial charge in [0.1, 0.15) is 0 Å². The van der Waals surface area contributed by atoms with E-state index in [0.717, 1.165) is 6.42 Å². The van der Waals surface area contributed by atoms with E-state index in [4.69, 9.17) is 0 Å². The first-order chi connectivity index (χ1) is 11.5. The summed E-state index contributed by atoms with van der Waals surface area (Å²) in [6, 6.07) is 13.8. The van der Waals surface area contributed by atoms with E-state index in [0.29, 0.717) is 0 Å². The molecule has 0 fully saturated rings. The number of aryl methyl sites for hydroxylation is 1. The fourth-order valence-electron chi connectivity index (χ4n) is 3.42. The molecule has 2 aromatic rings. The maximum atomic E-state index is 2.39. The molecule has 134 valence electrons. The minimum Gasteiger partial charge on any atom is -0.0877 e. The van der Waals surface area contributed by atoms with E-state index in [-0.39, 0.29) is 12.8 Å². The third-order valence-electron chi connectivity index (χ3n) is 4.69. The molecule has 0 N–H and O–H groups in total. The van der Waals surface area contributed by atoms with Crippen LogP contribution in [0.4, 0.5) is 0 Å². The molecule has 0 bridgehead atoms. The lowest BCUT2D eigenvalue weighted by atomic mass is 9.81. The average molecular weight is 335 g/mol. The smallest absolute Gasteiger partial charge is 0.0159 e. The van der Waals surface area contributed by atoms with Crippen molar-refractivity contribution in [1.82, 2.24) is 0 Å². The second kappa shape index (κ2) is 8.85. The van der Waals surface area contributed by atoms with Crippen LogP contribution in [-0.2, 0) is 11.8 Å². The average Bonchev–Trinajstić information content (AvgIpc) is 2.81. The molecule has 0 nitrogen and oxygen atoms in total. The molecule has 0 amide bonds. The molecular weight excluding hydrogens is 300 g/mol. The lowest BCUT2D eigenvalue weighted by Crippen LogP contribution is -2.15. The first-order valence-corrected chi connectivity index (χ1v) is 9.07. The Hall–Kier alpha value is -2.08. The molecule has 0 unspecified atom stereocenters. The summed E-state index contributed by atoms with van der Waals surface area (Å²) in [4.78, 5) is 0. The highest BCUT2D eigenvalue weighted by Crippen LogP contribution is 2.49. The minimum atomic E-state index is 0. The first kappa shape index (κ1) is 21.0. The Morgan fingerprint density at radius 2 is 1.48 bits per heavy atom. The zero-order chi connectivity index (χ0) is 17.7. The number of fused-ring (bicyclic) bond motifs is 3. The Bertz CT molecular complexity index is 758. The summed E-state index contributed by atoms with van der Waals surface area (Å²) in [5, 5.41) is 0. The Labute approximate surface area is 155 Å². The van der Waals surface area contributed by atoms with Gasteiger partial charge in [0, 0.05) is 5.41 Å². The predicted molar refractivity (Wildman–Crippen MR) is 114 cm³/mol. The summed E-state index contributed by atoms with van der Waals surface area (Å²) in [7, 11) is 0. The van der Waals surface area contributed by atoms with Gasteiger partial charge in [-0.3, -0.25) is 0 Å². The molecule has 3 rings (SSSR count). The third kappa shape index (κ3) is 4.12. The minimum absolute atomic E-state index is 0. The van der Waals surface area contributed by atoms with Gasteiger partial charge in [0.25, 0.3) is 0 Å². The quantitative estimate of drug-likeness (QED) is 0.506. The van der Waals surface area contributed by atoms with Crippen LogP contribution in [0.25, 0.3) is 11.1 Å². The molecule has 0 atom stereocenters. The summed E-state index contributed by atoms with van der Waals surface area (Å²) >= 11 is 0. The van der Waals surface area contributed by atoms with Crippen molar-refractivity contribution in [3.8, 4) is 11.1 Å². The molecule has 0 aliphatic heterocycles. The second-order valence-electron chi connectivity index (χ2n) is 6.71. The van der Waals surface area contributed by atoms with Gasteiger partial charge in [0.15, 0.2) is 0 Å². The zero-order valence-corrected chi connectivity index (χ0v) is 16.0. The van der Waals surface area contributed by atoms with E-state index in [1.165, 1.54) is 33.4 Å². The van der Waals surface area contributed by atoms with E-state index < -0.39 is 0 Å². The largest absolute Gasteiger partial charge is 0.0877 e. The first-order valence-electron chi connectivity index (χ1n) is 9.07. The van der Waals surface area contributed by atoms with Crippen molar-refractivity contribution in [2.75, 3.05) is 0 Å². The zero-order valence-electron chi connectivity index (χ0n) is 16.0. The summed E-state index contributed by atoms with van der Waals surface area (Å²) < 4.78 is 0. The molecule has 1 aliphatic rings. The Kier molecular flexibility index (Phi) is 7.42. The highest BCUT2D eigenvalue weighted by Gasteiger charge is 2.35. The summed E-state index contributed by atoms with van der Waals surface area (Å²) in [6.45, 7) is 12.9. The van der Waals surface area contributed by atoms with Crippen molar-refractivity contribution in [3.63, 3.8) is 0 Å². The normalized spacial score (nSPS) is 13.8.